The maximum Gasteiger partial charge on any atom is 0.326 e. The monoisotopic (exact) mass is 463 g/mol. The fraction of sp³-hybridized carbons (Fsp3) is 0.647. The lowest BCUT2D eigenvalue weighted by atomic mass is 10.1. The zero-order valence-corrected chi connectivity index (χ0v) is 17.5. The first kappa shape index (κ1) is 28.7. The lowest BCUT2D eigenvalue weighted by Gasteiger charge is -2.26. The molecule has 0 fully saturated rings. The molecule has 32 heavy (non-hydrogen) atoms. The van der Waals surface area contributed by atoms with E-state index in [9.17, 15) is 39.0 Å². The van der Waals surface area contributed by atoms with Crippen LogP contribution >= 0.6 is 0 Å². The quantitative estimate of drug-likeness (QED) is 0.118. The van der Waals surface area contributed by atoms with Gasteiger partial charge in [-0.2, -0.15) is 0 Å². The van der Waals surface area contributed by atoms with E-state index in [-0.39, 0.29) is 6.42 Å². The maximum atomic E-state index is 12.6. The summed E-state index contributed by atoms with van der Waals surface area (Å²) in [7, 11) is 0. The first-order valence-corrected chi connectivity index (χ1v) is 9.43. The number of aliphatic hydroxyl groups is 2. The number of carbonyl (C=O) groups excluding carboxylic acids is 4. The molecular weight excluding hydrogens is 434 g/mol. The van der Waals surface area contributed by atoms with Crippen molar-refractivity contribution >= 4 is 35.6 Å². The number of aliphatic hydroxyl groups excluding tert-OH is 2. The molecule has 0 aliphatic rings. The van der Waals surface area contributed by atoms with Gasteiger partial charge >= 0.3 is 11.9 Å². The number of nitrogens with one attached hydrogen (secondary N) is 3. The standard InChI is InChI=1S/C17H29N5O10/c1-6(23)12(19)15(29)22-13(7(2)24)16(30)20-8(3-4-10(18)25)14(28)21-9(17(31)32)5-11(26)27/h6-9,12-13,23-24H,3-5,19H2,1-2H3,(H2,18,25)(H,20,30)(H,21,28)(H,22,29)(H,26,27)(H,31,32). The Balaban J connectivity index is 5.54. The average molecular weight is 463 g/mol. The molecule has 0 saturated carbocycles. The van der Waals surface area contributed by atoms with Crippen LogP contribution in [0.4, 0.5) is 0 Å². The number of rotatable bonds is 14. The van der Waals surface area contributed by atoms with Gasteiger partial charge in [0.2, 0.25) is 23.6 Å². The van der Waals surface area contributed by atoms with E-state index in [0.29, 0.717) is 0 Å². The molecule has 0 radical (unpaired) electrons. The fourth-order valence-electron chi connectivity index (χ4n) is 2.34. The number of carboxylic acids is 2. The normalized spacial score (nSPS) is 16.4. The fourth-order valence-corrected chi connectivity index (χ4v) is 2.34. The number of nitrogens with two attached hydrogens (primary N) is 2. The van der Waals surface area contributed by atoms with Crippen molar-refractivity contribution in [1.82, 2.24) is 16.0 Å². The van der Waals surface area contributed by atoms with E-state index in [4.69, 9.17) is 21.7 Å². The highest BCUT2D eigenvalue weighted by Gasteiger charge is 2.33. The van der Waals surface area contributed by atoms with Gasteiger partial charge in [0.1, 0.15) is 24.2 Å². The van der Waals surface area contributed by atoms with Crippen LogP contribution in [0.3, 0.4) is 0 Å². The summed E-state index contributed by atoms with van der Waals surface area (Å²) in [6, 6.07) is -6.45. The molecule has 0 aromatic carbocycles. The predicted octanol–water partition coefficient (Wildman–Crippen LogP) is -4.65. The van der Waals surface area contributed by atoms with Crippen molar-refractivity contribution in [2.45, 2.75) is 69.5 Å². The van der Waals surface area contributed by atoms with E-state index >= 15 is 0 Å². The highest BCUT2D eigenvalue weighted by Crippen LogP contribution is 2.04. The van der Waals surface area contributed by atoms with Crippen molar-refractivity contribution < 1.29 is 49.2 Å². The van der Waals surface area contributed by atoms with Crippen LogP contribution in [0, 0.1) is 0 Å². The zero-order valence-electron chi connectivity index (χ0n) is 17.5. The molecule has 0 spiro atoms. The van der Waals surface area contributed by atoms with E-state index in [2.05, 4.69) is 10.6 Å². The van der Waals surface area contributed by atoms with Crippen molar-refractivity contribution in [2.75, 3.05) is 0 Å². The van der Waals surface area contributed by atoms with Gasteiger partial charge in [-0.1, -0.05) is 0 Å². The van der Waals surface area contributed by atoms with Crippen molar-refractivity contribution in [1.29, 1.82) is 0 Å². The molecule has 0 heterocycles. The molecule has 15 nitrogen and oxygen atoms in total. The van der Waals surface area contributed by atoms with Crippen LogP contribution in [-0.4, -0.2) is 92.4 Å². The molecule has 0 aliphatic heterocycles. The summed E-state index contributed by atoms with van der Waals surface area (Å²) in [5, 5.41) is 43.2. The first-order chi connectivity index (χ1) is 14.7. The van der Waals surface area contributed by atoms with Crippen LogP contribution in [0.2, 0.25) is 0 Å². The van der Waals surface area contributed by atoms with Crippen molar-refractivity contribution in [2.24, 2.45) is 11.5 Å². The summed E-state index contributed by atoms with van der Waals surface area (Å²) in [6.45, 7) is 2.37. The second-order valence-corrected chi connectivity index (χ2v) is 7.06. The van der Waals surface area contributed by atoms with Crippen LogP contribution in [-0.2, 0) is 28.8 Å². The number of hydrogen-bond acceptors (Lipinski definition) is 9. The SMILES string of the molecule is CC(O)C(N)C(=O)NC(C(=O)NC(CCC(N)=O)C(=O)NC(CC(=O)O)C(=O)O)C(C)O. The number of hydrogen-bond donors (Lipinski definition) is 9. The Kier molecular flexibility index (Phi) is 11.8. The van der Waals surface area contributed by atoms with E-state index < -0.39 is 84.8 Å². The van der Waals surface area contributed by atoms with Crippen molar-refractivity contribution in [3.63, 3.8) is 0 Å². The minimum absolute atomic E-state index is 0.389. The topological polar surface area (TPSA) is 271 Å². The van der Waals surface area contributed by atoms with Gasteiger partial charge in [0, 0.05) is 6.42 Å². The third kappa shape index (κ3) is 10.1. The Morgan fingerprint density at radius 1 is 0.812 bits per heavy atom. The molecule has 11 N–H and O–H groups in total. The van der Waals surface area contributed by atoms with Crippen molar-refractivity contribution in [3.8, 4) is 0 Å². The first-order valence-electron chi connectivity index (χ1n) is 9.43. The van der Waals surface area contributed by atoms with Gasteiger partial charge in [0.05, 0.1) is 18.6 Å². The molecule has 0 aromatic rings. The van der Waals surface area contributed by atoms with Crippen LogP contribution in [0.25, 0.3) is 0 Å². The van der Waals surface area contributed by atoms with E-state index in [0.717, 1.165) is 6.92 Å². The molecule has 6 unspecified atom stereocenters. The number of aliphatic carboxylic acids is 2. The Morgan fingerprint density at radius 3 is 1.75 bits per heavy atom. The van der Waals surface area contributed by atoms with Gasteiger partial charge in [-0.3, -0.25) is 24.0 Å². The second-order valence-electron chi connectivity index (χ2n) is 7.06. The van der Waals surface area contributed by atoms with Crippen LogP contribution < -0.4 is 27.4 Å². The minimum atomic E-state index is -1.83. The number of carbonyl (C=O) groups is 6. The third-order valence-corrected chi connectivity index (χ3v) is 4.19. The molecule has 0 bridgehead atoms. The van der Waals surface area contributed by atoms with E-state index in [1.54, 1.807) is 0 Å². The molecule has 4 amide bonds. The second kappa shape index (κ2) is 13.2. The summed E-state index contributed by atoms with van der Waals surface area (Å²) in [6.07, 6.45) is -4.52. The number of primary amides is 1. The highest BCUT2D eigenvalue weighted by molar-refractivity contribution is 5.95. The molecule has 0 rings (SSSR count). The van der Waals surface area contributed by atoms with Crippen LogP contribution in [0.5, 0.6) is 0 Å². The summed E-state index contributed by atoms with van der Waals surface area (Å²) in [4.78, 5) is 70.1. The Morgan fingerprint density at radius 2 is 1.34 bits per heavy atom. The number of carboxylic acid groups (broad SMARTS) is 2. The van der Waals surface area contributed by atoms with Crippen molar-refractivity contribution in [3.05, 3.63) is 0 Å². The molecule has 0 saturated heterocycles. The third-order valence-electron chi connectivity index (χ3n) is 4.19. The van der Waals surface area contributed by atoms with E-state index in [1.807, 2.05) is 5.32 Å². The van der Waals surface area contributed by atoms with E-state index in [1.165, 1.54) is 6.92 Å². The van der Waals surface area contributed by atoms with Gasteiger partial charge in [-0.15, -0.1) is 0 Å². The summed E-state index contributed by atoms with van der Waals surface area (Å²) < 4.78 is 0. The summed E-state index contributed by atoms with van der Waals surface area (Å²) in [5.74, 6) is -7.22. The highest BCUT2D eigenvalue weighted by atomic mass is 16.4. The molecular formula is C17H29N5O10. The minimum Gasteiger partial charge on any atom is -0.481 e. The average Bonchev–Trinajstić information content (AvgIpc) is 2.66. The summed E-state index contributed by atoms with van der Waals surface area (Å²) in [5.41, 5.74) is 10.5. The molecule has 15 heteroatoms. The molecule has 6 atom stereocenters. The molecule has 182 valence electrons. The van der Waals surface area contributed by atoms with Crippen LogP contribution in [0.1, 0.15) is 33.1 Å². The smallest absolute Gasteiger partial charge is 0.326 e. The Bertz CT molecular complexity index is 727. The largest absolute Gasteiger partial charge is 0.481 e. The maximum absolute atomic E-state index is 12.6. The molecule has 0 aromatic heterocycles. The van der Waals surface area contributed by atoms with Gasteiger partial charge in [-0.25, -0.2) is 4.79 Å². The predicted molar refractivity (Wildman–Crippen MR) is 105 cm³/mol. The lowest BCUT2D eigenvalue weighted by Crippen LogP contribution is -2.60. The van der Waals surface area contributed by atoms with Crippen LogP contribution in [0.15, 0.2) is 0 Å². The summed E-state index contributed by atoms with van der Waals surface area (Å²) >= 11 is 0. The number of amides is 4. The Labute approximate surface area is 182 Å². The zero-order chi connectivity index (χ0) is 25.2. The van der Waals surface area contributed by atoms with Gasteiger partial charge < -0.3 is 47.8 Å². The lowest BCUT2D eigenvalue weighted by molar-refractivity contribution is -0.147. The molecule has 0 aliphatic carbocycles. The van der Waals surface area contributed by atoms with Gasteiger partial charge in [0.15, 0.2) is 0 Å². The van der Waals surface area contributed by atoms with Gasteiger partial charge in [-0.05, 0) is 20.3 Å². The Hall–Kier alpha value is -3.30. The van der Waals surface area contributed by atoms with Gasteiger partial charge in [0.25, 0.3) is 0 Å².